The summed E-state index contributed by atoms with van der Waals surface area (Å²) in [5.41, 5.74) is 4.46. The summed E-state index contributed by atoms with van der Waals surface area (Å²) < 4.78 is 59.8. The molecule has 1 atom stereocenters. The molecule has 3 N–H and O–H groups in total. The first-order valence-electron chi connectivity index (χ1n) is 7.39. The van der Waals surface area contributed by atoms with Gasteiger partial charge in [0.25, 0.3) is 0 Å². The van der Waals surface area contributed by atoms with Gasteiger partial charge in [-0.3, -0.25) is 0 Å². The Morgan fingerprint density at radius 2 is 2.00 bits per heavy atom. The number of rotatable bonds is 2. The Morgan fingerprint density at radius 3 is 2.64 bits per heavy atom. The third kappa shape index (κ3) is 3.23. The maximum Gasteiger partial charge on any atom is 0.417 e. The van der Waals surface area contributed by atoms with Crippen molar-refractivity contribution in [2.45, 2.75) is 12.3 Å². The van der Waals surface area contributed by atoms with E-state index in [2.05, 4.69) is 5.32 Å². The lowest BCUT2D eigenvalue weighted by molar-refractivity contribution is -0.137. The fraction of sp³-hybridized carbons (Fsp3) is 0.235. The van der Waals surface area contributed by atoms with Crippen LogP contribution in [0, 0.1) is 17.1 Å². The lowest BCUT2D eigenvalue weighted by atomic mass is 9.95. The number of alkyl halides is 3. The molecule has 2 aromatic carbocycles. The Labute approximate surface area is 140 Å². The number of hydrogen-bond acceptors (Lipinski definition) is 4. The van der Waals surface area contributed by atoms with Gasteiger partial charge in [0, 0.05) is 18.2 Å². The molecule has 8 heteroatoms. The van der Waals surface area contributed by atoms with Gasteiger partial charge in [-0.1, -0.05) is 0 Å². The van der Waals surface area contributed by atoms with Crippen molar-refractivity contribution in [1.29, 1.82) is 5.26 Å². The number of nitrogens with zero attached hydrogens (tertiary/aromatic N) is 1. The number of fused-ring (bicyclic) bond motifs is 1. The molecule has 0 saturated heterocycles. The van der Waals surface area contributed by atoms with E-state index >= 15 is 0 Å². The summed E-state index contributed by atoms with van der Waals surface area (Å²) in [5.74, 6) is -0.629. The van der Waals surface area contributed by atoms with Crippen LogP contribution in [0.25, 0.3) is 11.1 Å². The van der Waals surface area contributed by atoms with Crippen LogP contribution in [-0.4, -0.2) is 19.2 Å². The lowest BCUT2D eigenvalue weighted by Crippen LogP contribution is -2.37. The zero-order valence-corrected chi connectivity index (χ0v) is 12.8. The molecule has 3 rings (SSSR count). The molecule has 1 aliphatic heterocycles. The van der Waals surface area contributed by atoms with Crippen molar-refractivity contribution in [2.75, 3.05) is 18.4 Å². The van der Waals surface area contributed by atoms with Crippen LogP contribution in [0.5, 0.6) is 5.75 Å². The maximum absolute atomic E-state index is 14.0. The summed E-state index contributed by atoms with van der Waals surface area (Å²) in [5, 5.41) is 11.9. The topological polar surface area (TPSA) is 71.1 Å². The third-order valence-corrected chi connectivity index (χ3v) is 3.87. The third-order valence-electron chi connectivity index (χ3n) is 3.87. The molecule has 0 spiro atoms. The van der Waals surface area contributed by atoms with Gasteiger partial charge in [-0.15, -0.1) is 0 Å². The summed E-state index contributed by atoms with van der Waals surface area (Å²) in [6, 6.07) is 6.86. The molecule has 4 nitrogen and oxygen atoms in total. The highest BCUT2D eigenvalue weighted by atomic mass is 19.4. The van der Waals surface area contributed by atoms with E-state index in [1.165, 1.54) is 0 Å². The second-order valence-electron chi connectivity index (χ2n) is 5.56. The highest BCUT2D eigenvalue weighted by Crippen LogP contribution is 2.45. The zero-order valence-electron chi connectivity index (χ0n) is 12.8. The predicted molar refractivity (Wildman–Crippen MR) is 83.5 cm³/mol. The minimum atomic E-state index is -4.67. The number of nitriles is 1. The molecule has 0 fully saturated rings. The largest absolute Gasteiger partial charge is 0.484 e. The van der Waals surface area contributed by atoms with Crippen molar-refractivity contribution in [3.8, 4) is 22.9 Å². The van der Waals surface area contributed by atoms with Gasteiger partial charge < -0.3 is 15.8 Å². The average molecular weight is 351 g/mol. The second-order valence-corrected chi connectivity index (χ2v) is 5.56. The first kappa shape index (κ1) is 17.0. The van der Waals surface area contributed by atoms with Crippen LogP contribution in [0.2, 0.25) is 0 Å². The van der Waals surface area contributed by atoms with E-state index < -0.39 is 23.7 Å². The van der Waals surface area contributed by atoms with Crippen molar-refractivity contribution >= 4 is 5.69 Å². The molecule has 2 aromatic rings. The standard InChI is InChI=1S/C17H13F4N3O/c18-10-4-13(16-15(5-10)24-8-11(7-23)25-16)12-3-9(6-22)1-2-14(12)17(19,20)21/h1-5,11,24H,7-8,23H2/t11-/m0/s1. The Balaban J connectivity index is 2.27. The van der Waals surface area contributed by atoms with Crippen LogP contribution in [0.1, 0.15) is 11.1 Å². The second kappa shape index (κ2) is 6.26. The van der Waals surface area contributed by atoms with Crippen molar-refractivity contribution in [3.05, 3.63) is 47.3 Å². The van der Waals surface area contributed by atoms with Crippen LogP contribution in [-0.2, 0) is 6.18 Å². The number of anilines is 1. The summed E-state index contributed by atoms with van der Waals surface area (Å²) in [6.07, 6.45) is -5.12. The molecule has 0 radical (unpaired) electrons. The van der Waals surface area contributed by atoms with E-state index in [-0.39, 0.29) is 34.7 Å². The fourth-order valence-corrected chi connectivity index (χ4v) is 2.70. The normalized spacial score (nSPS) is 16.4. The van der Waals surface area contributed by atoms with Crippen molar-refractivity contribution in [1.82, 2.24) is 0 Å². The van der Waals surface area contributed by atoms with Crippen molar-refractivity contribution < 1.29 is 22.3 Å². The van der Waals surface area contributed by atoms with E-state index in [1.54, 1.807) is 6.07 Å². The van der Waals surface area contributed by atoms with E-state index in [0.29, 0.717) is 6.54 Å². The Kier molecular flexibility index (Phi) is 4.27. The smallest absolute Gasteiger partial charge is 0.417 e. The minimum absolute atomic E-state index is 0.0279. The molecule has 0 saturated carbocycles. The monoisotopic (exact) mass is 351 g/mol. The van der Waals surface area contributed by atoms with Gasteiger partial charge in [-0.25, -0.2) is 4.39 Å². The molecule has 1 aliphatic rings. The molecular formula is C17H13F4N3O. The molecule has 0 bridgehead atoms. The van der Waals surface area contributed by atoms with Crippen molar-refractivity contribution in [2.24, 2.45) is 5.73 Å². The minimum Gasteiger partial charge on any atom is -0.484 e. The first-order chi connectivity index (χ1) is 11.8. The summed E-state index contributed by atoms with van der Waals surface area (Å²) in [4.78, 5) is 0. The highest BCUT2D eigenvalue weighted by molar-refractivity contribution is 5.82. The van der Waals surface area contributed by atoms with Gasteiger partial charge in [0.15, 0.2) is 5.75 Å². The number of nitrogens with two attached hydrogens (primary N) is 1. The lowest BCUT2D eigenvalue weighted by Gasteiger charge is -2.29. The van der Waals surface area contributed by atoms with Gasteiger partial charge in [0.05, 0.1) is 29.4 Å². The maximum atomic E-state index is 14.0. The van der Waals surface area contributed by atoms with Gasteiger partial charge in [0.2, 0.25) is 0 Å². The first-order valence-corrected chi connectivity index (χ1v) is 7.39. The van der Waals surface area contributed by atoms with Gasteiger partial charge >= 0.3 is 6.18 Å². The number of ether oxygens (including phenoxy) is 1. The average Bonchev–Trinajstić information content (AvgIpc) is 2.59. The van der Waals surface area contributed by atoms with E-state index in [1.807, 2.05) is 0 Å². The van der Waals surface area contributed by atoms with Crippen LogP contribution >= 0.6 is 0 Å². The quantitative estimate of drug-likeness (QED) is 0.812. The molecule has 0 unspecified atom stereocenters. The molecular weight excluding hydrogens is 338 g/mol. The fourth-order valence-electron chi connectivity index (χ4n) is 2.70. The van der Waals surface area contributed by atoms with Gasteiger partial charge in [-0.2, -0.15) is 18.4 Å². The van der Waals surface area contributed by atoms with Crippen LogP contribution < -0.4 is 15.8 Å². The summed E-state index contributed by atoms with van der Waals surface area (Å²) >= 11 is 0. The van der Waals surface area contributed by atoms with E-state index in [0.717, 1.165) is 30.3 Å². The summed E-state index contributed by atoms with van der Waals surface area (Å²) in [6.45, 7) is 0.463. The van der Waals surface area contributed by atoms with Gasteiger partial charge in [0.1, 0.15) is 11.9 Å². The Hall–Kier alpha value is -2.79. The molecule has 0 aromatic heterocycles. The number of benzene rings is 2. The molecule has 25 heavy (non-hydrogen) atoms. The van der Waals surface area contributed by atoms with Crippen LogP contribution in [0.15, 0.2) is 30.3 Å². The summed E-state index contributed by atoms with van der Waals surface area (Å²) in [7, 11) is 0. The molecule has 0 aliphatic carbocycles. The number of nitrogens with one attached hydrogen (secondary N) is 1. The predicted octanol–water partition coefficient (Wildman–Crippen LogP) is 3.51. The number of hydrogen-bond donors (Lipinski definition) is 2. The van der Waals surface area contributed by atoms with Crippen LogP contribution in [0.3, 0.4) is 0 Å². The Morgan fingerprint density at radius 1 is 1.24 bits per heavy atom. The van der Waals surface area contributed by atoms with Crippen molar-refractivity contribution in [3.63, 3.8) is 0 Å². The molecule has 1 heterocycles. The SMILES string of the molecule is N#Cc1ccc(C(F)(F)F)c(-c2cc(F)cc3c2O[C@@H](CN)CN3)c1. The van der Waals surface area contributed by atoms with Gasteiger partial charge in [-0.05, 0) is 29.8 Å². The highest BCUT2D eigenvalue weighted by Gasteiger charge is 2.35. The molecule has 130 valence electrons. The number of halogens is 4. The van der Waals surface area contributed by atoms with Crippen LogP contribution in [0.4, 0.5) is 23.2 Å². The molecule has 0 amide bonds. The van der Waals surface area contributed by atoms with E-state index in [9.17, 15) is 17.6 Å². The zero-order chi connectivity index (χ0) is 18.2. The van der Waals surface area contributed by atoms with E-state index in [4.69, 9.17) is 15.7 Å². The Bertz CT molecular complexity index is 858.